The molecule has 1 atom stereocenters. The summed E-state index contributed by atoms with van der Waals surface area (Å²) in [6.07, 6.45) is 9.90. The van der Waals surface area contributed by atoms with Gasteiger partial charge >= 0.3 is 5.97 Å². The second kappa shape index (κ2) is 15.4. The zero-order valence-corrected chi connectivity index (χ0v) is 13.3. The average Bonchev–Trinajstić information content (AvgIpc) is 2.37. The molecule has 0 aromatic carbocycles. The van der Waals surface area contributed by atoms with Crippen LogP contribution in [-0.2, 0) is 4.79 Å². The maximum absolute atomic E-state index is 10.1. The van der Waals surface area contributed by atoms with E-state index in [2.05, 4.69) is 13.8 Å². The van der Waals surface area contributed by atoms with Crippen LogP contribution < -0.4 is 5.73 Å². The summed E-state index contributed by atoms with van der Waals surface area (Å²) < 4.78 is 0. The molecule has 0 aliphatic rings. The van der Waals surface area contributed by atoms with Crippen molar-refractivity contribution in [3.05, 3.63) is 0 Å². The van der Waals surface area contributed by atoms with Crippen LogP contribution in [-0.4, -0.2) is 36.2 Å². The summed E-state index contributed by atoms with van der Waals surface area (Å²) in [6, 6.07) is 0. The number of nitrogens with zero attached hydrogens (tertiary/aromatic N) is 1. The van der Waals surface area contributed by atoms with Gasteiger partial charge in [-0.3, -0.25) is 9.69 Å². The van der Waals surface area contributed by atoms with Crippen LogP contribution in [0.5, 0.6) is 0 Å². The zero-order valence-electron chi connectivity index (χ0n) is 13.3. The molecule has 116 valence electrons. The van der Waals surface area contributed by atoms with Crippen molar-refractivity contribution in [1.82, 2.24) is 4.90 Å². The Morgan fingerprint density at radius 1 is 1.05 bits per heavy atom. The van der Waals surface area contributed by atoms with Gasteiger partial charge in [0.2, 0.25) is 0 Å². The Bertz CT molecular complexity index is 197. The minimum atomic E-state index is -0.663. The summed E-state index contributed by atoms with van der Waals surface area (Å²) in [7, 11) is 3.96. The Labute approximate surface area is 119 Å². The van der Waals surface area contributed by atoms with Gasteiger partial charge in [0.25, 0.3) is 0 Å². The molecule has 0 aliphatic carbocycles. The molecule has 0 fully saturated rings. The first kappa shape index (κ1) is 20.7. The summed E-state index contributed by atoms with van der Waals surface area (Å²) in [5.74, 6) is -0.663. The van der Waals surface area contributed by atoms with Crippen LogP contribution in [0.15, 0.2) is 0 Å². The molecule has 0 aromatic rings. The lowest BCUT2D eigenvalue weighted by Gasteiger charge is -2.16. The number of carboxylic acid groups (broad SMARTS) is 1. The fourth-order valence-corrected chi connectivity index (χ4v) is 1.60. The summed E-state index contributed by atoms with van der Waals surface area (Å²) in [6.45, 7) is 4.27. The molecule has 0 heterocycles. The maximum Gasteiger partial charge on any atom is 0.303 e. The van der Waals surface area contributed by atoms with Gasteiger partial charge in [-0.25, -0.2) is 0 Å². The Morgan fingerprint density at radius 2 is 1.53 bits per heavy atom. The van der Waals surface area contributed by atoms with Crippen LogP contribution in [0.1, 0.15) is 71.6 Å². The van der Waals surface area contributed by atoms with Gasteiger partial charge in [0.05, 0.1) is 6.17 Å². The van der Waals surface area contributed by atoms with Crippen molar-refractivity contribution in [1.29, 1.82) is 0 Å². The number of unbranched alkanes of at least 4 members (excludes halogenated alkanes) is 6. The number of aliphatic carboxylic acids is 1. The number of hydrogen-bond donors (Lipinski definition) is 2. The molecule has 0 aliphatic heterocycles. The first-order valence-corrected chi connectivity index (χ1v) is 7.59. The second-order valence-electron chi connectivity index (χ2n) is 5.20. The molecule has 0 aromatic heterocycles. The molecule has 4 nitrogen and oxygen atoms in total. The Balaban J connectivity index is 0. The standard InChI is InChI=1S/C10H20O2.C5H14N2/c1-2-3-4-5-6-7-8-9-10(11)12;1-4-5(6)7(2)3/h2-9H2,1H3,(H,11,12);5H,4,6H2,1-3H3. The molecule has 3 N–H and O–H groups in total. The first-order valence-electron chi connectivity index (χ1n) is 7.59. The third kappa shape index (κ3) is 19.9. The SMILES string of the molecule is CCC(N)N(C)C.CCCCCCCCCC(=O)O. The number of rotatable bonds is 10. The lowest BCUT2D eigenvalue weighted by molar-refractivity contribution is -0.137. The van der Waals surface area contributed by atoms with Gasteiger partial charge in [0, 0.05) is 6.42 Å². The highest BCUT2D eigenvalue weighted by atomic mass is 16.4. The molecule has 0 spiro atoms. The van der Waals surface area contributed by atoms with Crippen molar-refractivity contribution < 1.29 is 9.90 Å². The van der Waals surface area contributed by atoms with E-state index >= 15 is 0 Å². The van der Waals surface area contributed by atoms with Gasteiger partial charge in [0.15, 0.2) is 0 Å². The third-order valence-corrected chi connectivity index (χ3v) is 3.08. The third-order valence-electron chi connectivity index (χ3n) is 3.08. The lowest BCUT2D eigenvalue weighted by Crippen LogP contribution is -2.35. The predicted molar refractivity (Wildman–Crippen MR) is 82.2 cm³/mol. The zero-order chi connectivity index (χ0) is 15.1. The summed E-state index contributed by atoms with van der Waals surface area (Å²) in [4.78, 5) is 12.1. The van der Waals surface area contributed by atoms with Gasteiger partial charge in [0.1, 0.15) is 0 Å². The van der Waals surface area contributed by atoms with Gasteiger partial charge in [-0.15, -0.1) is 0 Å². The average molecular weight is 274 g/mol. The van der Waals surface area contributed by atoms with E-state index in [1.54, 1.807) is 0 Å². The molecular weight excluding hydrogens is 240 g/mol. The molecule has 19 heavy (non-hydrogen) atoms. The van der Waals surface area contributed by atoms with Gasteiger partial charge in [-0.1, -0.05) is 52.4 Å². The van der Waals surface area contributed by atoms with Crippen molar-refractivity contribution in [3.8, 4) is 0 Å². The topological polar surface area (TPSA) is 66.6 Å². The first-order chi connectivity index (χ1) is 8.95. The van der Waals surface area contributed by atoms with Crippen LogP contribution in [0.3, 0.4) is 0 Å². The van der Waals surface area contributed by atoms with E-state index in [4.69, 9.17) is 10.8 Å². The highest BCUT2D eigenvalue weighted by molar-refractivity contribution is 5.66. The molecule has 0 amide bonds. The molecule has 0 rings (SSSR count). The summed E-state index contributed by atoms with van der Waals surface area (Å²) in [5.41, 5.74) is 5.54. The number of nitrogens with two attached hydrogens (primary N) is 1. The highest BCUT2D eigenvalue weighted by Crippen LogP contribution is 2.07. The van der Waals surface area contributed by atoms with E-state index in [0.29, 0.717) is 6.42 Å². The largest absolute Gasteiger partial charge is 0.481 e. The Kier molecular flexibility index (Phi) is 16.8. The van der Waals surface area contributed by atoms with E-state index in [9.17, 15) is 4.79 Å². The monoisotopic (exact) mass is 274 g/mol. The van der Waals surface area contributed by atoms with Crippen LogP contribution in [0.25, 0.3) is 0 Å². The van der Waals surface area contributed by atoms with Crippen molar-refractivity contribution in [3.63, 3.8) is 0 Å². The van der Waals surface area contributed by atoms with E-state index in [-0.39, 0.29) is 6.17 Å². The smallest absolute Gasteiger partial charge is 0.303 e. The van der Waals surface area contributed by atoms with Gasteiger partial charge in [-0.2, -0.15) is 0 Å². The quantitative estimate of drug-likeness (QED) is 0.473. The van der Waals surface area contributed by atoms with Crippen LogP contribution in [0, 0.1) is 0 Å². The number of hydrogen-bond acceptors (Lipinski definition) is 3. The van der Waals surface area contributed by atoms with E-state index in [1.165, 1.54) is 32.1 Å². The van der Waals surface area contributed by atoms with Crippen LogP contribution in [0.4, 0.5) is 0 Å². The fraction of sp³-hybridized carbons (Fsp3) is 0.933. The summed E-state index contributed by atoms with van der Waals surface area (Å²) >= 11 is 0. The molecule has 1 unspecified atom stereocenters. The molecule has 0 saturated carbocycles. The molecule has 4 heteroatoms. The fourth-order valence-electron chi connectivity index (χ4n) is 1.60. The van der Waals surface area contributed by atoms with Gasteiger partial charge < -0.3 is 10.8 Å². The van der Waals surface area contributed by atoms with E-state index < -0.39 is 5.97 Å². The minimum absolute atomic E-state index is 0.236. The molecule has 0 bridgehead atoms. The van der Waals surface area contributed by atoms with Crippen molar-refractivity contribution in [2.24, 2.45) is 5.73 Å². The Morgan fingerprint density at radius 3 is 1.84 bits per heavy atom. The normalized spacial score (nSPS) is 11.9. The van der Waals surface area contributed by atoms with Crippen LogP contribution in [0.2, 0.25) is 0 Å². The van der Waals surface area contributed by atoms with Gasteiger partial charge in [-0.05, 0) is 26.9 Å². The summed E-state index contributed by atoms with van der Waals surface area (Å²) in [5, 5.41) is 8.35. The van der Waals surface area contributed by atoms with E-state index in [1.807, 2.05) is 19.0 Å². The lowest BCUT2D eigenvalue weighted by atomic mass is 10.1. The molecule has 0 saturated heterocycles. The number of carboxylic acids is 1. The minimum Gasteiger partial charge on any atom is -0.481 e. The van der Waals surface area contributed by atoms with Crippen molar-refractivity contribution >= 4 is 5.97 Å². The van der Waals surface area contributed by atoms with Crippen molar-refractivity contribution in [2.45, 2.75) is 77.8 Å². The second-order valence-corrected chi connectivity index (χ2v) is 5.20. The van der Waals surface area contributed by atoms with Crippen molar-refractivity contribution in [2.75, 3.05) is 14.1 Å². The predicted octanol–water partition coefficient (Wildman–Crippen LogP) is 3.45. The highest BCUT2D eigenvalue weighted by Gasteiger charge is 1.97. The molecular formula is C15H34N2O2. The van der Waals surface area contributed by atoms with E-state index in [0.717, 1.165) is 19.3 Å². The van der Waals surface area contributed by atoms with Crippen LogP contribution >= 0.6 is 0 Å². The molecule has 0 radical (unpaired) electrons. The maximum atomic E-state index is 10.1. The Hall–Kier alpha value is -0.610. The number of carbonyl (C=O) groups is 1.